The Morgan fingerprint density at radius 3 is 2.42 bits per heavy atom. The summed E-state index contributed by atoms with van der Waals surface area (Å²) in [5.41, 5.74) is -0.608. The molecule has 8 heteroatoms. The smallest absolute Gasteiger partial charge is 0.337 e. The number of carbonyl (C=O) groups is 2. The number of benzene rings is 1. The van der Waals surface area contributed by atoms with E-state index in [2.05, 4.69) is 5.32 Å². The van der Waals surface area contributed by atoms with E-state index in [9.17, 15) is 22.4 Å². The zero-order valence-electron chi connectivity index (χ0n) is 10.2. The van der Waals surface area contributed by atoms with Gasteiger partial charge in [-0.3, -0.25) is 4.79 Å². The number of hydrogen-bond donors (Lipinski definition) is 2. The van der Waals surface area contributed by atoms with E-state index < -0.39 is 38.3 Å². The van der Waals surface area contributed by atoms with Crippen LogP contribution in [0.1, 0.15) is 17.3 Å². The first kappa shape index (κ1) is 15.1. The number of nitrogens with one attached hydrogen (secondary N) is 1. The molecule has 0 saturated carbocycles. The van der Waals surface area contributed by atoms with E-state index in [0.717, 1.165) is 24.5 Å². The Morgan fingerprint density at radius 1 is 1.37 bits per heavy atom. The normalized spacial score (nSPS) is 12.8. The highest BCUT2D eigenvalue weighted by Crippen LogP contribution is 2.18. The molecule has 0 spiro atoms. The van der Waals surface area contributed by atoms with Crippen LogP contribution in [-0.2, 0) is 14.6 Å². The van der Waals surface area contributed by atoms with Crippen LogP contribution in [0.25, 0.3) is 0 Å². The summed E-state index contributed by atoms with van der Waals surface area (Å²) >= 11 is 0. The van der Waals surface area contributed by atoms with Crippen molar-refractivity contribution < 1.29 is 27.5 Å². The molecule has 0 aliphatic heterocycles. The van der Waals surface area contributed by atoms with E-state index in [0.29, 0.717) is 0 Å². The molecule has 0 radical (unpaired) electrons. The lowest BCUT2D eigenvalue weighted by Crippen LogP contribution is -2.32. The van der Waals surface area contributed by atoms with Gasteiger partial charge in [-0.1, -0.05) is 0 Å². The number of carboxylic acid groups (broad SMARTS) is 1. The van der Waals surface area contributed by atoms with Gasteiger partial charge in [0.2, 0.25) is 5.91 Å². The molecule has 1 rings (SSSR count). The van der Waals surface area contributed by atoms with Crippen molar-refractivity contribution >= 4 is 27.4 Å². The standard InChI is InChI=1S/C11H12FNO5S/c1-6(19(2,17)18)10(14)13-9-4-3-7(12)5-8(9)11(15)16/h3-6H,1-2H3,(H,13,14)(H,15,16). The molecule has 0 bridgehead atoms. The van der Waals surface area contributed by atoms with Crippen molar-refractivity contribution in [3.05, 3.63) is 29.6 Å². The van der Waals surface area contributed by atoms with E-state index in [1.807, 2.05) is 0 Å². The van der Waals surface area contributed by atoms with Crippen molar-refractivity contribution in [1.82, 2.24) is 0 Å². The largest absolute Gasteiger partial charge is 0.478 e. The lowest BCUT2D eigenvalue weighted by Gasteiger charge is -2.12. The maximum absolute atomic E-state index is 12.9. The Morgan fingerprint density at radius 2 is 1.95 bits per heavy atom. The molecular weight excluding hydrogens is 277 g/mol. The number of aromatic carboxylic acids is 1. The SMILES string of the molecule is CC(C(=O)Nc1ccc(F)cc1C(=O)O)S(C)(=O)=O. The van der Waals surface area contributed by atoms with Gasteiger partial charge in [0, 0.05) is 6.26 Å². The summed E-state index contributed by atoms with van der Waals surface area (Å²) in [6.45, 7) is 1.18. The Kier molecular flexibility index (Phi) is 4.25. The average molecular weight is 289 g/mol. The number of halogens is 1. The predicted octanol–water partition coefficient (Wildman–Crippen LogP) is 0.896. The van der Waals surface area contributed by atoms with Crippen molar-refractivity contribution in [2.45, 2.75) is 12.2 Å². The second-order valence-electron chi connectivity index (χ2n) is 3.96. The fourth-order valence-corrected chi connectivity index (χ4v) is 1.68. The summed E-state index contributed by atoms with van der Waals surface area (Å²) in [4.78, 5) is 22.5. The van der Waals surface area contributed by atoms with Crippen LogP contribution in [0.2, 0.25) is 0 Å². The summed E-state index contributed by atoms with van der Waals surface area (Å²) in [5, 5.41) is 9.69. The molecule has 2 N–H and O–H groups in total. The maximum Gasteiger partial charge on any atom is 0.337 e. The van der Waals surface area contributed by atoms with E-state index in [4.69, 9.17) is 5.11 Å². The lowest BCUT2D eigenvalue weighted by molar-refractivity contribution is -0.115. The van der Waals surface area contributed by atoms with Gasteiger partial charge in [-0.15, -0.1) is 0 Å². The van der Waals surface area contributed by atoms with E-state index in [1.165, 1.54) is 6.92 Å². The summed E-state index contributed by atoms with van der Waals surface area (Å²) in [5.74, 6) is -3.08. The van der Waals surface area contributed by atoms with Gasteiger partial charge in [-0.25, -0.2) is 17.6 Å². The Balaban J connectivity index is 3.07. The van der Waals surface area contributed by atoms with Gasteiger partial charge < -0.3 is 10.4 Å². The number of hydrogen-bond acceptors (Lipinski definition) is 4. The minimum atomic E-state index is -3.60. The number of amides is 1. The molecule has 6 nitrogen and oxygen atoms in total. The molecule has 1 aromatic rings. The predicted molar refractivity (Wildman–Crippen MR) is 66.3 cm³/mol. The van der Waals surface area contributed by atoms with Gasteiger partial charge in [0.15, 0.2) is 9.84 Å². The van der Waals surface area contributed by atoms with Crippen LogP contribution in [0.3, 0.4) is 0 Å². The third kappa shape index (κ3) is 3.75. The van der Waals surface area contributed by atoms with E-state index in [-0.39, 0.29) is 5.69 Å². The summed E-state index contributed by atoms with van der Waals surface area (Å²) < 4.78 is 35.3. The minimum absolute atomic E-state index is 0.158. The van der Waals surface area contributed by atoms with Crippen molar-refractivity contribution in [1.29, 1.82) is 0 Å². The van der Waals surface area contributed by atoms with Gasteiger partial charge in [-0.2, -0.15) is 0 Å². The van der Waals surface area contributed by atoms with Crippen molar-refractivity contribution in [3.63, 3.8) is 0 Å². The summed E-state index contributed by atoms with van der Waals surface area (Å²) in [6, 6.07) is 2.77. The van der Waals surface area contributed by atoms with Crippen LogP contribution in [0.15, 0.2) is 18.2 Å². The van der Waals surface area contributed by atoms with Crippen molar-refractivity contribution in [3.8, 4) is 0 Å². The van der Waals surface area contributed by atoms with Gasteiger partial charge in [0.25, 0.3) is 0 Å². The molecule has 1 aromatic carbocycles. The fourth-order valence-electron chi connectivity index (χ4n) is 1.23. The summed E-state index contributed by atoms with van der Waals surface area (Å²) in [7, 11) is -3.60. The topological polar surface area (TPSA) is 101 Å². The molecule has 0 heterocycles. The van der Waals surface area contributed by atoms with Crippen LogP contribution in [0.5, 0.6) is 0 Å². The monoisotopic (exact) mass is 289 g/mol. The third-order valence-corrected chi connectivity index (χ3v) is 3.98. The molecular formula is C11H12FNO5S. The second kappa shape index (κ2) is 5.35. The van der Waals surface area contributed by atoms with Crippen LogP contribution in [0, 0.1) is 5.82 Å². The molecule has 0 aliphatic rings. The number of anilines is 1. The van der Waals surface area contributed by atoms with Crippen LogP contribution >= 0.6 is 0 Å². The zero-order valence-corrected chi connectivity index (χ0v) is 11.0. The van der Waals surface area contributed by atoms with Crippen LogP contribution < -0.4 is 5.32 Å². The van der Waals surface area contributed by atoms with Crippen LogP contribution in [0.4, 0.5) is 10.1 Å². The zero-order chi connectivity index (χ0) is 14.8. The third-order valence-electron chi connectivity index (χ3n) is 2.48. The van der Waals surface area contributed by atoms with Gasteiger partial charge >= 0.3 is 5.97 Å². The molecule has 104 valence electrons. The van der Waals surface area contributed by atoms with Crippen molar-refractivity contribution in [2.75, 3.05) is 11.6 Å². The Bertz CT molecular complexity index is 626. The van der Waals surface area contributed by atoms with Crippen molar-refractivity contribution in [2.24, 2.45) is 0 Å². The molecule has 0 aliphatic carbocycles. The Hall–Kier alpha value is -1.96. The molecule has 1 atom stereocenters. The van der Waals surface area contributed by atoms with E-state index in [1.54, 1.807) is 0 Å². The lowest BCUT2D eigenvalue weighted by atomic mass is 10.1. The van der Waals surface area contributed by atoms with E-state index >= 15 is 0 Å². The first-order valence-corrected chi connectivity index (χ1v) is 7.11. The number of rotatable bonds is 4. The second-order valence-corrected chi connectivity index (χ2v) is 6.32. The van der Waals surface area contributed by atoms with Gasteiger partial charge in [0.05, 0.1) is 11.3 Å². The summed E-state index contributed by atoms with van der Waals surface area (Å²) in [6.07, 6.45) is 0.889. The molecule has 1 amide bonds. The molecule has 0 aromatic heterocycles. The number of carbonyl (C=O) groups excluding carboxylic acids is 1. The highest BCUT2D eigenvalue weighted by atomic mass is 32.2. The van der Waals surface area contributed by atoms with Crippen LogP contribution in [-0.4, -0.2) is 36.9 Å². The fraction of sp³-hybridized carbons (Fsp3) is 0.273. The highest BCUT2D eigenvalue weighted by Gasteiger charge is 2.25. The minimum Gasteiger partial charge on any atom is -0.478 e. The average Bonchev–Trinajstić information content (AvgIpc) is 2.28. The Labute approximate surface area is 109 Å². The molecule has 1 unspecified atom stereocenters. The molecule has 0 saturated heterocycles. The number of sulfone groups is 1. The van der Waals surface area contributed by atoms with Gasteiger partial charge in [0.1, 0.15) is 11.1 Å². The number of carboxylic acids is 1. The molecule has 0 fully saturated rings. The van der Waals surface area contributed by atoms with Gasteiger partial charge in [-0.05, 0) is 25.1 Å². The maximum atomic E-state index is 12.9. The first-order chi connectivity index (χ1) is 8.62. The highest BCUT2D eigenvalue weighted by molar-refractivity contribution is 7.92. The first-order valence-electron chi connectivity index (χ1n) is 5.15. The molecule has 19 heavy (non-hydrogen) atoms. The quantitative estimate of drug-likeness (QED) is 0.857.